The molecule has 0 unspecified atom stereocenters. The third kappa shape index (κ3) is 1.99. The summed E-state index contributed by atoms with van der Waals surface area (Å²) in [6.07, 6.45) is 3.87. The Balaban J connectivity index is 1.90. The molecular formula is C17H11BrN2O. The zero-order chi connectivity index (χ0) is 14.4. The number of carbonyl (C=O) groups excluding carboxylic acids is 1. The number of benzene rings is 2. The molecular weight excluding hydrogens is 328 g/mol. The highest BCUT2D eigenvalue weighted by atomic mass is 79.9. The molecule has 1 aliphatic rings. The number of amides is 1. The summed E-state index contributed by atoms with van der Waals surface area (Å²) >= 11 is 3.46. The van der Waals surface area contributed by atoms with Gasteiger partial charge in [-0.3, -0.25) is 4.79 Å². The van der Waals surface area contributed by atoms with Crippen molar-refractivity contribution in [3.63, 3.8) is 0 Å². The molecule has 0 saturated heterocycles. The van der Waals surface area contributed by atoms with E-state index in [0.717, 1.165) is 32.2 Å². The van der Waals surface area contributed by atoms with Crippen molar-refractivity contribution in [3.8, 4) is 0 Å². The van der Waals surface area contributed by atoms with Crippen molar-refractivity contribution in [1.82, 2.24) is 4.98 Å². The lowest BCUT2D eigenvalue weighted by Gasteiger charge is -1.99. The molecule has 0 saturated carbocycles. The lowest BCUT2D eigenvalue weighted by molar-refractivity contribution is -0.110. The van der Waals surface area contributed by atoms with Crippen LogP contribution in [0.25, 0.3) is 22.6 Å². The summed E-state index contributed by atoms with van der Waals surface area (Å²) in [6, 6.07) is 13.9. The number of hydrogen-bond donors (Lipinski definition) is 2. The average Bonchev–Trinajstić information content (AvgIpc) is 3.02. The molecule has 2 N–H and O–H groups in total. The van der Waals surface area contributed by atoms with Gasteiger partial charge in [-0.25, -0.2) is 0 Å². The number of hydrogen-bond acceptors (Lipinski definition) is 1. The van der Waals surface area contributed by atoms with Crippen LogP contribution in [0.2, 0.25) is 0 Å². The molecule has 4 heteroatoms. The first-order valence-corrected chi connectivity index (χ1v) is 7.41. The van der Waals surface area contributed by atoms with Gasteiger partial charge in [-0.1, -0.05) is 34.1 Å². The van der Waals surface area contributed by atoms with Gasteiger partial charge in [0.1, 0.15) is 0 Å². The van der Waals surface area contributed by atoms with E-state index in [0.29, 0.717) is 5.57 Å². The van der Waals surface area contributed by atoms with Crippen molar-refractivity contribution in [2.45, 2.75) is 0 Å². The minimum absolute atomic E-state index is 0.0617. The highest BCUT2D eigenvalue weighted by molar-refractivity contribution is 9.10. The van der Waals surface area contributed by atoms with Gasteiger partial charge in [-0.05, 0) is 30.3 Å². The van der Waals surface area contributed by atoms with Crippen LogP contribution in [-0.4, -0.2) is 10.9 Å². The van der Waals surface area contributed by atoms with Gasteiger partial charge in [-0.15, -0.1) is 0 Å². The van der Waals surface area contributed by atoms with Crippen LogP contribution in [0.15, 0.2) is 53.1 Å². The van der Waals surface area contributed by atoms with Gasteiger partial charge in [0.2, 0.25) is 0 Å². The fraction of sp³-hybridized carbons (Fsp3) is 0. The second kappa shape index (κ2) is 4.60. The Labute approximate surface area is 129 Å². The molecule has 2 heterocycles. The molecule has 3 aromatic rings. The smallest absolute Gasteiger partial charge is 0.256 e. The van der Waals surface area contributed by atoms with E-state index in [1.54, 1.807) is 0 Å². The van der Waals surface area contributed by atoms with Gasteiger partial charge in [0, 0.05) is 44.0 Å². The maximum Gasteiger partial charge on any atom is 0.256 e. The predicted octanol–water partition coefficient (Wildman–Crippen LogP) is 4.42. The number of aromatic nitrogens is 1. The summed E-state index contributed by atoms with van der Waals surface area (Å²) in [5.74, 6) is -0.0617. The van der Waals surface area contributed by atoms with Crippen molar-refractivity contribution in [2.24, 2.45) is 0 Å². The molecule has 1 aromatic heterocycles. The molecule has 1 aliphatic heterocycles. The summed E-state index contributed by atoms with van der Waals surface area (Å²) in [6.45, 7) is 0. The molecule has 3 nitrogen and oxygen atoms in total. The molecule has 21 heavy (non-hydrogen) atoms. The Morgan fingerprint density at radius 3 is 2.86 bits per heavy atom. The Bertz CT molecular complexity index is 908. The van der Waals surface area contributed by atoms with Crippen molar-refractivity contribution in [1.29, 1.82) is 0 Å². The van der Waals surface area contributed by atoms with Crippen LogP contribution in [0.4, 0.5) is 5.69 Å². The highest BCUT2D eigenvalue weighted by Crippen LogP contribution is 2.35. The zero-order valence-electron chi connectivity index (χ0n) is 11.0. The van der Waals surface area contributed by atoms with Crippen molar-refractivity contribution in [2.75, 3.05) is 5.32 Å². The molecule has 0 bridgehead atoms. The number of halogens is 1. The topological polar surface area (TPSA) is 44.9 Å². The SMILES string of the molecule is O=C1Nc2ccc(Br)cc2C1=Cc1c[nH]c2ccccc12. The largest absolute Gasteiger partial charge is 0.361 e. The van der Waals surface area contributed by atoms with E-state index in [1.165, 1.54) is 0 Å². The van der Waals surface area contributed by atoms with Crippen molar-refractivity contribution in [3.05, 3.63) is 64.3 Å². The molecule has 1 amide bonds. The van der Waals surface area contributed by atoms with Gasteiger partial charge < -0.3 is 10.3 Å². The van der Waals surface area contributed by atoms with Crippen LogP contribution in [0.3, 0.4) is 0 Å². The molecule has 0 fully saturated rings. The van der Waals surface area contributed by atoms with Crippen LogP contribution in [0.1, 0.15) is 11.1 Å². The van der Waals surface area contributed by atoms with Gasteiger partial charge in [0.25, 0.3) is 5.91 Å². The Hall–Kier alpha value is -2.33. The van der Waals surface area contributed by atoms with E-state index in [1.807, 2.05) is 54.7 Å². The van der Waals surface area contributed by atoms with E-state index in [-0.39, 0.29) is 5.91 Å². The molecule has 102 valence electrons. The van der Waals surface area contributed by atoms with Crippen molar-refractivity contribution < 1.29 is 4.79 Å². The first-order valence-electron chi connectivity index (χ1n) is 6.61. The van der Waals surface area contributed by atoms with E-state index in [9.17, 15) is 4.79 Å². The van der Waals surface area contributed by atoms with Crippen LogP contribution in [0.5, 0.6) is 0 Å². The lowest BCUT2D eigenvalue weighted by Crippen LogP contribution is -2.03. The summed E-state index contributed by atoms with van der Waals surface area (Å²) in [4.78, 5) is 15.4. The fourth-order valence-corrected chi connectivity index (χ4v) is 3.03. The molecule has 0 radical (unpaired) electrons. The van der Waals surface area contributed by atoms with Crippen molar-refractivity contribution >= 4 is 50.1 Å². The Morgan fingerprint density at radius 1 is 1.10 bits per heavy atom. The minimum atomic E-state index is -0.0617. The molecule has 0 atom stereocenters. The number of anilines is 1. The van der Waals surface area contributed by atoms with E-state index < -0.39 is 0 Å². The third-order valence-corrected chi connectivity index (χ3v) is 4.18. The van der Waals surface area contributed by atoms with Crippen LogP contribution in [-0.2, 0) is 4.79 Å². The number of nitrogens with one attached hydrogen (secondary N) is 2. The number of aromatic amines is 1. The number of H-pyrrole nitrogens is 1. The third-order valence-electron chi connectivity index (χ3n) is 3.69. The number of para-hydroxylation sites is 1. The standard InChI is InChI=1S/C17H11BrN2O/c18-11-5-6-16-13(8-11)14(17(21)20-16)7-10-9-19-15-4-2-1-3-12(10)15/h1-9,19H,(H,20,21). The van der Waals surface area contributed by atoms with Gasteiger partial charge in [-0.2, -0.15) is 0 Å². The highest BCUT2D eigenvalue weighted by Gasteiger charge is 2.24. The van der Waals surface area contributed by atoms with Crippen LogP contribution >= 0.6 is 15.9 Å². The van der Waals surface area contributed by atoms with Crippen LogP contribution in [0, 0.1) is 0 Å². The molecule has 2 aromatic carbocycles. The first kappa shape index (κ1) is 12.4. The van der Waals surface area contributed by atoms with E-state index >= 15 is 0 Å². The lowest BCUT2D eigenvalue weighted by atomic mass is 10.0. The molecule has 0 aliphatic carbocycles. The monoisotopic (exact) mass is 338 g/mol. The van der Waals surface area contributed by atoms with Gasteiger partial charge >= 0.3 is 0 Å². The molecule has 4 rings (SSSR count). The Morgan fingerprint density at radius 2 is 1.95 bits per heavy atom. The second-order valence-corrected chi connectivity index (χ2v) is 5.91. The maximum atomic E-state index is 12.2. The normalized spacial score (nSPS) is 15.5. The second-order valence-electron chi connectivity index (χ2n) is 4.99. The predicted molar refractivity (Wildman–Crippen MR) is 88.9 cm³/mol. The van der Waals surface area contributed by atoms with Gasteiger partial charge in [0.05, 0.1) is 0 Å². The fourth-order valence-electron chi connectivity index (χ4n) is 2.67. The maximum absolute atomic E-state index is 12.2. The summed E-state index contributed by atoms with van der Waals surface area (Å²) in [5.41, 5.74) is 4.56. The first-order chi connectivity index (χ1) is 10.2. The summed E-state index contributed by atoms with van der Waals surface area (Å²) in [7, 11) is 0. The van der Waals surface area contributed by atoms with Crippen LogP contribution < -0.4 is 5.32 Å². The molecule has 0 spiro atoms. The number of rotatable bonds is 1. The zero-order valence-corrected chi connectivity index (χ0v) is 12.6. The number of fused-ring (bicyclic) bond motifs is 2. The van der Waals surface area contributed by atoms with Gasteiger partial charge in [0.15, 0.2) is 0 Å². The summed E-state index contributed by atoms with van der Waals surface area (Å²) < 4.78 is 0.961. The quantitative estimate of drug-likeness (QED) is 0.633. The summed E-state index contributed by atoms with van der Waals surface area (Å²) in [5, 5.41) is 4.01. The van der Waals surface area contributed by atoms with E-state index in [2.05, 4.69) is 26.2 Å². The van der Waals surface area contributed by atoms with E-state index in [4.69, 9.17) is 0 Å². The average molecular weight is 339 g/mol. The number of carbonyl (C=O) groups is 1. The minimum Gasteiger partial charge on any atom is -0.361 e. The Kier molecular flexibility index (Phi) is 2.72.